The first-order valence-electron chi connectivity index (χ1n) is 5.75. The molecule has 0 saturated carbocycles. The zero-order chi connectivity index (χ0) is 13.1. The van der Waals surface area contributed by atoms with Crippen molar-refractivity contribution in [3.8, 4) is 0 Å². The summed E-state index contributed by atoms with van der Waals surface area (Å²) in [7, 11) is 2.25. The average Bonchev–Trinajstić information content (AvgIpc) is 2.28. The van der Waals surface area contributed by atoms with Crippen LogP contribution < -0.4 is 5.11 Å². The summed E-state index contributed by atoms with van der Waals surface area (Å²) in [6, 6.07) is 0. The minimum absolute atomic E-state index is 0.168. The molecule has 1 aliphatic rings. The van der Waals surface area contributed by atoms with E-state index in [1.807, 2.05) is 12.3 Å². The van der Waals surface area contributed by atoms with Gasteiger partial charge in [0, 0.05) is 5.97 Å². The van der Waals surface area contributed by atoms with E-state index in [4.69, 9.17) is 4.74 Å². The van der Waals surface area contributed by atoms with Crippen molar-refractivity contribution in [2.24, 2.45) is 0 Å². The highest BCUT2D eigenvalue weighted by Gasteiger charge is 2.22. The van der Waals surface area contributed by atoms with Crippen molar-refractivity contribution in [3.63, 3.8) is 0 Å². The maximum absolute atomic E-state index is 9.63. The molecule has 17 heavy (non-hydrogen) atoms. The van der Waals surface area contributed by atoms with Crippen LogP contribution in [0.1, 0.15) is 6.42 Å². The number of quaternary nitrogens is 1. The van der Waals surface area contributed by atoms with Crippen molar-refractivity contribution in [2.45, 2.75) is 6.42 Å². The van der Waals surface area contributed by atoms with Crippen molar-refractivity contribution in [3.05, 3.63) is 12.7 Å². The van der Waals surface area contributed by atoms with Gasteiger partial charge in [0.1, 0.15) is 13.1 Å². The number of nitrogens with zero attached hydrogens (tertiary/aromatic N) is 1. The van der Waals surface area contributed by atoms with Gasteiger partial charge < -0.3 is 19.1 Å². The Kier molecular flexibility index (Phi) is 9.21. The molecule has 0 N–H and O–H groups in total. The fraction of sp³-hybridized carbons (Fsp3) is 0.750. The third-order valence-electron chi connectivity index (χ3n) is 2.63. The largest absolute Gasteiger partial charge is 0.550 e. The molecule has 0 amide bonds. The van der Waals surface area contributed by atoms with Crippen LogP contribution in [0.25, 0.3) is 0 Å². The minimum atomic E-state index is -0.964. The second-order valence-corrected chi connectivity index (χ2v) is 5.25. The SMILES string of the molecule is C=CC[N+]1(C)CCOCC1.CSCCC(=O)[O-]. The zero-order valence-electron chi connectivity index (χ0n) is 10.8. The van der Waals surface area contributed by atoms with Crippen molar-refractivity contribution >= 4 is 17.7 Å². The highest BCUT2D eigenvalue weighted by atomic mass is 32.2. The maximum Gasteiger partial charge on any atom is 0.102 e. The second kappa shape index (κ2) is 9.50. The van der Waals surface area contributed by atoms with Crippen LogP contribution in [-0.4, -0.2) is 62.4 Å². The Hall–Kier alpha value is -0.520. The van der Waals surface area contributed by atoms with Crippen LogP contribution in [0, 0.1) is 0 Å². The predicted octanol–water partition coefficient (Wildman–Crippen LogP) is 0.139. The van der Waals surface area contributed by atoms with Crippen molar-refractivity contribution < 1.29 is 19.1 Å². The van der Waals surface area contributed by atoms with E-state index in [1.54, 1.807) is 0 Å². The van der Waals surface area contributed by atoms with E-state index in [0.717, 1.165) is 37.3 Å². The third kappa shape index (κ3) is 9.21. The number of carbonyl (C=O) groups is 1. The summed E-state index contributed by atoms with van der Waals surface area (Å²) in [6.45, 7) is 8.89. The first-order valence-corrected chi connectivity index (χ1v) is 7.14. The molecule has 0 spiro atoms. The van der Waals surface area contributed by atoms with E-state index in [9.17, 15) is 9.90 Å². The van der Waals surface area contributed by atoms with Crippen LogP contribution >= 0.6 is 11.8 Å². The molecule has 0 aliphatic carbocycles. The van der Waals surface area contributed by atoms with Crippen LogP contribution in [0.4, 0.5) is 0 Å². The molecule has 1 fully saturated rings. The monoisotopic (exact) mass is 261 g/mol. The van der Waals surface area contributed by atoms with E-state index < -0.39 is 5.97 Å². The number of carboxylic acid groups (broad SMARTS) is 1. The van der Waals surface area contributed by atoms with Gasteiger partial charge in [0.15, 0.2) is 0 Å². The zero-order valence-corrected chi connectivity index (χ0v) is 11.6. The van der Waals surface area contributed by atoms with Crippen LogP contribution in [0.15, 0.2) is 12.7 Å². The first-order chi connectivity index (χ1) is 8.04. The lowest BCUT2D eigenvalue weighted by atomic mass is 10.3. The molecule has 100 valence electrons. The van der Waals surface area contributed by atoms with Gasteiger partial charge in [-0.3, -0.25) is 0 Å². The minimum Gasteiger partial charge on any atom is -0.550 e. The number of carboxylic acids is 1. The van der Waals surface area contributed by atoms with Crippen LogP contribution in [0.3, 0.4) is 0 Å². The lowest BCUT2D eigenvalue weighted by Crippen LogP contribution is -2.51. The van der Waals surface area contributed by atoms with E-state index >= 15 is 0 Å². The van der Waals surface area contributed by atoms with Gasteiger partial charge in [-0.15, -0.1) is 0 Å². The number of ether oxygens (including phenoxy) is 1. The highest BCUT2D eigenvalue weighted by molar-refractivity contribution is 7.98. The van der Waals surface area contributed by atoms with E-state index in [2.05, 4.69) is 13.6 Å². The fourth-order valence-electron chi connectivity index (χ4n) is 1.46. The molecular weight excluding hydrogens is 238 g/mol. The Morgan fingerprint density at radius 3 is 2.47 bits per heavy atom. The van der Waals surface area contributed by atoms with E-state index in [1.165, 1.54) is 11.8 Å². The number of morpholine rings is 1. The van der Waals surface area contributed by atoms with Gasteiger partial charge in [-0.2, -0.15) is 11.8 Å². The molecule has 0 radical (unpaired) electrons. The van der Waals surface area contributed by atoms with Gasteiger partial charge in [-0.25, -0.2) is 0 Å². The summed E-state index contributed by atoms with van der Waals surface area (Å²) in [6.07, 6.45) is 4.02. The molecule has 4 nitrogen and oxygen atoms in total. The van der Waals surface area contributed by atoms with Gasteiger partial charge >= 0.3 is 0 Å². The summed E-state index contributed by atoms with van der Waals surface area (Å²) < 4.78 is 6.36. The molecule has 0 bridgehead atoms. The standard InChI is InChI=1S/C8H16NO.C4H8O2S/c1-3-4-9(2)5-7-10-8-6-9;1-7-3-2-4(5)6/h3H,1,4-8H2,2H3;2-3H2,1H3,(H,5,6)/q+1;/p-1. The van der Waals surface area contributed by atoms with Crippen molar-refractivity contribution in [1.82, 2.24) is 0 Å². The summed E-state index contributed by atoms with van der Waals surface area (Å²) >= 11 is 1.51. The Bertz CT molecular complexity index is 228. The maximum atomic E-state index is 9.63. The van der Waals surface area contributed by atoms with Crippen molar-refractivity contribution in [1.29, 1.82) is 0 Å². The lowest BCUT2D eigenvalue weighted by molar-refractivity contribution is -0.911. The van der Waals surface area contributed by atoms with Gasteiger partial charge in [-0.1, -0.05) is 6.58 Å². The van der Waals surface area contributed by atoms with Gasteiger partial charge in [0.2, 0.25) is 0 Å². The number of thioether (sulfide) groups is 1. The number of carbonyl (C=O) groups excluding carboxylic acids is 1. The molecular formula is C12H23NO3S. The number of hydrogen-bond donors (Lipinski definition) is 0. The number of aliphatic carboxylic acids is 1. The summed E-state index contributed by atoms with van der Waals surface area (Å²) in [5, 5.41) is 9.63. The fourth-order valence-corrected chi connectivity index (χ4v) is 1.83. The van der Waals surface area contributed by atoms with Crippen LogP contribution in [0.2, 0.25) is 0 Å². The summed E-state index contributed by atoms with van der Waals surface area (Å²) in [4.78, 5) is 9.63. The Morgan fingerprint density at radius 2 is 2.12 bits per heavy atom. The van der Waals surface area contributed by atoms with Crippen molar-refractivity contribution in [2.75, 3.05) is 51.9 Å². The normalized spacial score (nSPS) is 17.8. The molecule has 1 saturated heterocycles. The first kappa shape index (κ1) is 16.5. The average molecular weight is 261 g/mol. The molecule has 0 aromatic carbocycles. The van der Waals surface area contributed by atoms with Crippen LogP contribution in [-0.2, 0) is 9.53 Å². The molecule has 0 aromatic rings. The van der Waals surface area contributed by atoms with Crippen LogP contribution in [0.5, 0.6) is 0 Å². The van der Waals surface area contributed by atoms with Gasteiger partial charge in [0.05, 0.1) is 26.8 Å². The lowest BCUT2D eigenvalue weighted by Gasteiger charge is -2.36. The Balaban J connectivity index is 0.000000325. The summed E-state index contributed by atoms with van der Waals surface area (Å²) in [5.41, 5.74) is 0. The molecule has 1 aliphatic heterocycles. The van der Waals surface area contributed by atoms with E-state index in [-0.39, 0.29) is 6.42 Å². The topological polar surface area (TPSA) is 49.4 Å². The second-order valence-electron chi connectivity index (χ2n) is 4.27. The molecule has 1 rings (SSSR count). The Morgan fingerprint density at radius 1 is 1.53 bits per heavy atom. The molecule has 0 aromatic heterocycles. The van der Waals surface area contributed by atoms with Gasteiger partial charge in [0.25, 0.3) is 0 Å². The molecule has 0 atom stereocenters. The Labute approximate surface area is 108 Å². The predicted molar refractivity (Wildman–Crippen MR) is 69.8 cm³/mol. The highest BCUT2D eigenvalue weighted by Crippen LogP contribution is 2.06. The summed E-state index contributed by atoms with van der Waals surface area (Å²) in [5.74, 6) is -0.308. The smallest absolute Gasteiger partial charge is 0.102 e. The number of rotatable bonds is 5. The van der Waals surface area contributed by atoms with E-state index in [0.29, 0.717) is 5.75 Å². The third-order valence-corrected chi connectivity index (χ3v) is 3.24. The molecule has 1 heterocycles. The quantitative estimate of drug-likeness (QED) is 0.522. The number of hydrogen-bond acceptors (Lipinski definition) is 4. The number of likely N-dealkylation sites (N-methyl/N-ethyl adjacent to an activating group) is 1. The van der Waals surface area contributed by atoms with Gasteiger partial charge in [-0.05, 0) is 24.5 Å². The molecule has 5 heteroatoms. The molecule has 0 unspecified atom stereocenters.